The number of aliphatic hydroxyl groups is 1. The molecule has 0 aromatic heterocycles. The van der Waals surface area contributed by atoms with Crippen LogP contribution < -0.4 is 5.32 Å². The maximum Gasteiger partial charge on any atom is 0.407 e. The number of nitrogens with one attached hydrogen (secondary N) is 1. The quantitative estimate of drug-likeness (QED) is 0.703. The van der Waals surface area contributed by atoms with Gasteiger partial charge in [0.25, 0.3) is 0 Å². The van der Waals surface area contributed by atoms with Crippen molar-refractivity contribution < 1.29 is 14.6 Å². The number of rotatable bonds is 4. The Morgan fingerprint density at radius 2 is 2.20 bits per heavy atom. The van der Waals surface area contributed by atoms with Crippen molar-refractivity contribution in [1.82, 2.24) is 5.32 Å². The van der Waals surface area contributed by atoms with Gasteiger partial charge in [0.2, 0.25) is 0 Å². The summed E-state index contributed by atoms with van der Waals surface area (Å²) in [5, 5.41) is 12.3. The lowest BCUT2D eigenvalue weighted by Gasteiger charge is -2.27. The van der Waals surface area contributed by atoms with Crippen LogP contribution in [-0.4, -0.2) is 30.0 Å². The van der Waals surface area contributed by atoms with Crippen molar-refractivity contribution in [3.05, 3.63) is 0 Å². The number of amides is 1. The minimum Gasteiger partial charge on any atom is -0.450 e. The second-order valence-corrected chi connectivity index (χ2v) is 4.09. The van der Waals surface area contributed by atoms with E-state index in [4.69, 9.17) is 4.74 Å². The zero-order valence-corrected chi connectivity index (χ0v) is 9.37. The summed E-state index contributed by atoms with van der Waals surface area (Å²) in [6.45, 7) is 2.51. The van der Waals surface area contributed by atoms with E-state index < -0.39 is 12.2 Å². The van der Waals surface area contributed by atoms with E-state index in [9.17, 15) is 9.90 Å². The molecule has 2 atom stereocenters. The van der Waals surface area contributed by atoms with Crippen LogP contribution in [0, 0.1) is 0 Å². The van der Waals surface area contributed by atoms with Crippen molar-refractivity contribution in [2.75, 3.05) is 6.61 Å². The molecule has 1 rings (SSSR count). The molecule has 15 heavy (non-hydrogen) atoms. The van der Waals surface area contributed by atoms with Crippen molar-refractivity contribution in [2.45, 2.75) is 57.6 Å². The number of carbonyl (C=O) groups is 1. The molecule has 0 heterocycles. The first-order chi connectivity index (χ1) is 7.24. The Kier molecular flexibility index (Phi) is 5.47. The third-order valence-electron chi connectivity index (χ3n) is 2.76. The SMILES string of the molecule is CCCCOC(=O)NC1CCCC[C@@H]1O. The van der Waals surface area contributed by atoms with Gasteiger partial charge in [-0.15, -0.1) is 0 Å². The van der Waals surface area contributed by atoms with Crippen LogP contribution in [0.3, 0.4) is 0 Å². The summed E-state index contributed by atoms with van der Waals surface area (Å²) in [5.41, 5.74) is 0. The molecule has 1 amide bonds. The molecule has 2 N–H and O–H groups in total. The zero-order valence-electron chi connectivity index (χ0n) is 9.37. The maximum atomic E-state index is 11.3. The molecule has 4 nitrogen and oxygen atoms in total. The highest BCUT2D eigenvalue weighted by molar-refractivity contribution is 5.67. The maximum absolute atomic E-state index is 11.3. The predicted octanol–water partition coefficient (Wildman–Crippen LogP) is 1.82. The highest BCUT2D eigenvalue weighted by Crippen LogP contribution is 2.18. The zero-order chi connectivity index (χ0) is 11.1. The first kappa shape index (κ1) is 12.3. The van der Waals surface area contributed by atoms with Crippen molar-refractivity contribution >= 4 is 6.09 Å². The van der Waals surface area contributed by atoms with Gasteiger partial charge in [-0.2, -0.15) is 0 Å². The molecule has 88 valence electrons. The van der Waals surface area contributed by atoms with E-state index in [0.717, 1.165) is 38.5 Å². The summed E-state index contributed by atoms with van der Waals surface area (Å²) in [6.07, 6.45) is 4.84. The lowest BCUT2D eigenvalue weighted by atomic mass is 9.93. The van der Waals surface area contributed by atoms with Crippen LogP contribution in [0.4, 0.5) is 4.79 Å². The smallest absolute Gasteiger partial charge is 0.407 e. The van der Waals surface area contributed by atoms with Crippen LogP contribution in [-0.2, 0) is 4.74 Å². The van der Waals surface area contributed by atoms with E-state index in [1.807, 2.05) is 6.92 Å². The molecule has 1 aliphatic rings. The number of unbranched alkanes of at least 4 members (excludes halogenated alkanes) is 1. The number of ether oxygens (including phenoxy) is 1. The molecule has 0 spiro atoms. The van der Waals surface area contributed by atoms with Crippen molar-refractivity contribution in [3.63, 3.8) is 0 Å². The van der Waals surface area contributed by atoms with E-state index in [1.165, 1.54) is 0 Å². The van der Waals surface area contributed by atoms with E-state index in [0.29, 0.717) is 6.61 Å². The van der Waals surface area contributed by atoms with Crippen molar-refractivity contribution in [2.24, 2.45) is 0 Å². The number of hydrogen-bond donors (Lipinski definition) is 2. The number of aliphatic hydroxyl groups excluding tert-OH is 1. The second kappa shape index (κ2) is 6.67. The monoisotopic (exact) mass is 215 g/mol. The predicted molar refractivity (Wildman–Crippen MR) is 57.7 cm³/mol. The van der Waals surface area contributed by atoms with E-state index in [1.54, 1.807) is 0 Å². The Bertz CT molecular complexity index is 196. The Morgan fingerprint density at radius 1 is 1.47 bits per heavy atom. The van der Waals surface area contributed by atoms with Crippen LogP contribution >= 0.6 is 0 Å². The molecule has 0 aliphatic heterocycles. The molecule has 0 aromatic carbocycles. The van der Waals surface area contributed by atoms with Gasteiger partial charge in [0.05, 0.1) is 18.8 Å². The summed E-state index contributed by atoms with van der Waals surface area (Å²) >= 11 is 0. The Hall–Kier alpha value is -0.770. The molecule has 1 unspecified atom stereocenters. The molecular weight excluding hydrogens is 194 g/mol. The van der Waals surface area contributed by atoms with Gasteiger partial charge in [-0.05, 0) is 19.3 Å². The van der Waals surface area contributed by atoms with E-state index in [-0.39, 0.29) is 6.04 Å². The molecule has 1 fully saturated rings. The molecular formula is C11H21NO3. The summed E-state index contributed by atoms with van der Waals surface area (Å²) < 4.78 is 4.97. The van der Waals surface area contributed by atoms with Crippen LogP contribution in [0.15, 0.2) is 0 Å². The molecule has 4 heteroatoms. The first-order valence-corrected chi connectivity index (χ1v) is 5.85. The fourth-order valence-corrected chi connectivity index (χ4v) is 1.78. The van der Waals surface area contributed by atoms with Crippen LogP contribution in [0.1, 0.15) is 45.4 Å². The summed E-state index contributed by atoms with van der Waals surface area (Å²) in [5.74, 6) is 0. The lowest BCUT2D eigenvalue weighted by molar-refractivity contribution is 0.0795. The third-order valence-corrected chi connectivity index (χ3v) is 2.76. The van der Waals surface area contributed by atoms with Gasteiger partial charge in [-0.25, -0.2) is 4.79 Å². The highest BCUT2D eigenvalue weighted by Gasteiger charge is 2.24. The standard InChI is InChI=1S/C11H21NO3/c1-2-3-8-15-11(14)12-9-6-4-5-7-10(9)13/h9-10,13H,2-8H2,1H3,(H,12,14)/t9?,10-/m0/s1. The summed E-state index contributed by atoms with van der Waals surface area (Å²) in [4.78, 5) is 11.3. The lowest BCUT2D eigenvalue weighted by Crippen LogP contribution is -2.45. The van der Waals surface area contributed by atoms with E-state index >= 15 is 0 Å². The van der Waals surface area contributed by atoms with Gasteiger partial charge >= 0.3 is 6.09 Å². The summed E-state index contributed by atoms with van der Waals surface area (Å²) in [7, 11) is 0. The largest absolute Gasteiger partial charge is 0.450 e. The van der Waals surface area contributed by atoms with Gasteiger partial charge in [0.15, 0.2) is 0 Å². The van der Waals surface area contributed by atoms with Crippen molar-refractivity contribution in [3.8, 4) is 0 Å². The Labute approximate surface area is 91.0 Å². The van der Waals surface area contributed by atoms with E-state index in [2.05, 4.69) is 5.32 Å². The molecule has 1 aliphatic carbocycles. The van der Waals surface area contributed by atoms with Gasteiger partial charge in [-0.3, -0.25) is 0 Å². The molecule has 0 bridgehead atoms. The minimum absolute atomic E-state index is 0.118. The fraction of sp³-hybridized carbons (Fsp3) is 0.909. The second-order valence-electron chi connectivity index (χ2n) is 4.09. The van der Waals surface area contributed by atoms with Gasteiger partial charge < -0.3 is 15.2 Å². The van der Waals surface area contributed by atoms with Gasteiger partial charge in [-0.1, -0.05) is 26.2 Å². The molecule has 0 aromatic rings. The topological polar surface area (TPSA) is 58.6 Å². The first-order valence-electron chi connectivity index (χ1n) is 5.85. The van der Waals surface area contributed by atoms with Gasteiger partial charge in [0, 0.05) is 0 Å². The Morgan fingerprint density at radius 3 is 2.87 bits per heavy atom. The van der Waals surface area contributed by atoms with Crippen LogP contribution in [0.5, 0.6) is 0 Å². The number of alkyl carbamates (subject to hydrolysis) is 1. The average molecular weight is 215 g/mol. The Balaban J connectivity index is 2.18. The van der Waals surface area contributed by atoms with Crippen LogP contribution in [0.2, 0.25) is 0 Å². The fourth-order valence-electron chi connectivity index (χ4n) is 1.78. The van der Waals surface area contributed by atoms with Crippen molar-refractivity contribution in [1.29, 1.82) is 0 Å². The normalized spacial score (nSPS) is 26.0. The molecule has 0 saturated heterocycles. The minimum atomic E-state index is -0.405. The van der Waals surface area contributed by atoms with Crippen LogP contribution in [0.25, 0.3) is 0 Å². The molecule has 0 radical (unpaired) electrons. The highest BCUT2D eigenvalue weighted by atomic mass is 16.5. The number of hydrogen-bond acceptors (Lipinski definition) is 3. The molecule has 1 saturated carbocycles. The summed E-state index contributed by atoms with van der Waals surface area (Å²) in [6, 6.07) is -0.118. The third kappa shape index (κ3) is 4.51. The number of carbonyl (C=O) groups excluding carboxylic acids is 1. The van der Waals surface area contributed by atoms with Gasteiger partial charge in [0.1, 0.15) is 0 Å². The average Bonchev–Trinajstić information content (AvgIpc) is 2.22.